The minimum atomic E-state index is -0.697. The van der Waals surface area contributed by atoms with Crippen molar-refractivity contribution < 1.29 is 9.53 Å². The van der Waals surface area contributed by atoms with E-state index >= 15 is 0 Å². The fourth-order valence-corrected chi connectivity index (χ4v) is 1.65. The average molecular weight is 285 g/mol. The molecule has 102 valence electrons. The van der Waals surface area contributed by atoms with Crippen molar-refractivity contribution in [3.63, 3.8) is 0 Å². The molecule has 2 aromatic heterocycles. The minimum Gasteiger partial charge on any atom is -0.385 e. The third kappa shape index (κ3) is 3.16. The van der Waals surface area contributed by atoms with Crippen LogP contribution >= 0.6 is 11.6 Å². The van der Waals surface area contributed by atoms with E-state index in [-0.39, 0.29) is 11.1 Å². The number of aromatic amines is 1. The number of nitrogens with one attached hydrogen (secondary N) is 2. The van der Waals surface area contributed by atoms with Gasteiger partial charge in [0.2, 0.25) is 11.9 Å². The van der Waals surface area contributed by atoms with E-state index in [2.05, 4.69) is 25.3 Å². The zero-order chi connectivity index (χ0) is 13.8. The smallest absolute Gasteiger partial charge is 0.243 e. The molecule has 9 heteroatoms. The quantitative estimate of drug-likeness (QED) is 0.680. The maximum Gasteiger partial charge on any atom is 0.243 e. The molecule has 0 aliphatic heterocycles. The van der Waals surface area contributed by atoms with Gasteiger partial charge in [-0.15, -0.1) is 0 Å². The van der Waals surface area contributed by atoms with Gasteiger partial charge in [0.15, 0.2) is 10.8 Å². The summed E-state index contributed by atoms with van der Waals surface area (Å²) >= 11 is 5.93. The second kappa shape index (κ2) is 5.91. The summed E-state index contributed by atoms with van der Waals surface area (Å²) in [6.07, 6.45) is 1.85. The highest BCUT2D eigenvalue weighted by atomic mass is 35.5. The molecule has 2 heterocycles. The van der Waals surface area contributed by atoms with E-state index < -0.39 is 11.9 Å². The van der Waals surface area contributed by atoms with Crippen molar-refractivity contribution >= 4 is 34.6 Å². The molecule has 1 unspecified atom stereocenters. The van der Waals surface area contributed by atoms with Gasteiger partial charge in [-0.05, 0) is 6.42 Å². The van der Waals surface area contributed by atoms with Gasteiger partial charge in [-0.2, -0.15) is 9.97 Å². The summed E-state index contributed by atoms with van der Waals surface area (Å²) in [5.41, 5.74) is 6.57. The first-order valence-electron chi connectivity index (χ1n) is 5.54. The van der Waals surface area contributed by atoms with Crippen LogP contribution in [0.4, 0.5) is 5.95 Å². The number of hydrogen-bond donors (Lipinski definition) is 3. The Kier molecular flexibility index (Phi) is 4.25. The Labute approximate surface area is 113 Å². The number of H-pyrrole nitrogens is 1. The molecule has 0 spiro atoms. The molecular formula is C10H13ClN6O2. The highest BCUT2D eigenvalue weighted by Crippen LogP contribution is 2.18. The number of fused-ring (bicyclic) bond motifs is 1. The van der Waals surface area contributed by atoms with Gasteiger partial charge in [-0.1, -0.05) is 11.6 Å². The molecule has 0 aliphatic rings. The Morgan fingerprint density at radius 1 is 1.63 bits per heavy atom. The molecule has 1 atom stereocenters. The Morgan fingerprint density at radius 3 is 3.16 bits per heavy atom. The van der Waals surface area contributed by atoms with Crippen LogP contribution in [0.2, 0.25) is 5.15 Å². The number of nitrogens with two attached hydrogens (primary N) is 1. The van der Waals surface area contributed by atoms with Crippen molar-refractivity contribution in [1.82, 2.24) is 19.9 Å². The lowest BCUT2D eigenvalue weighted by molar-refractivity contribution is -0.117. The average Bonchev–Trinajstić information content (AvgIpc) is 2.84. The number of carbonyl (C=O) groups is 1. The fourth-order valence-electron chi connectivity index (χ4n) is 1.43. The van der Waals surface area contributed by atoms with E-state index in [0.29, 0.717) is 24.2 Å². The number of halogens is 1. The molecule has 1 amide bonds. The lowest BCUT2D eigenvalue weighted by atomic mass is 10.2. The predicted molar refractivity (Wildman–Crippen MR) is 69.8 cm³/mol. The number of rotatable bonds is 5. The molecule has 0 fully saturated rings. The van der Waals surface area contributed by atoms with Crippen LogP contribution in [0.1, 0.15) is 6.42 Å². The van der Waals surface area contributed by atoms with Crippen LogP contribution in [-0.4, -0.2) is 45.6 Å². The number of anilines is 1. The van der Waals surface area contributed by atoms with Gasteiger partial charge >= 0.3 is 0 Å². The Hall–Kier alpha value is -1.77. The van der Waals surface area contributed by atoms with Gasteiger partial charge in [0.1, 0.15) is 5.52 Å². The monoisotopic (exact) mass is 284 g/mol. The molecule has 19 heavy (non-hydrogen) atoms. The number of ether oxygens (including phenoxy) is 1. The van der Waals surface area contributed by atoms with E-state index in [4.69, 9.17) is 22.1 Å². The van der Waals surface area contributed by atoms with Gasteiger partial charge < -0.3 is 15.5 Å². The summed E-state index contributed by atoms with van der Waals surface area (Å²) in [6, 6.07) is -0.697. The van der Waals surface area contributed by atoms with Crippen LogP contribution in [-0.2, 0) is 9.53 Å². The number of aromatic nitrogens is 4. The molecular weight excluding hydrogens is 272 g/mol. The highest BCUT2D eigenvalue weighted by molar-refractivity contribution is 6.33. The van der Waals surface area contributed by atoms with E-state index in [1.54, 1.807) is 7.11 Å². The van der Waals surface area contributed by atoms with E-state index in [1.807, 2.05) is 0 Å². The third-order valence-electron chi connectivity index (χ3n) is 2.45. The standard InChI is InChI=1S/C10H13ClN6O2/c1-19-3-2-5(12)9(18)17-10-15-7(11)6-8(16-10)14-4-13-6/h4-5H,2-3,12H2,1H3,(H2,13,14,15,16,17,18). The number of methoxy groups -OCH3 is 1. The molecule has 2 aromatic rings. The van der Waals surface area contributed by atoms with E-state index in [1.165, 1.54) is 6.33 Å². The molecule has 0 saturated carbocycles. The van der Waals surface area contributed by atoms with Crippen molar-refractivity contribution in [3.05, 3.63) is 11.5 Å². The second-order valence-electron chi connectivity index (χ2n) is 3.82. The van der Waals surface area contributed by atoms with Crippen LogP contribution < -0.4 is 11.1 Å². The lowest BCUT2D eigenvalue weighted by Crippen LogP contribution is -2.37. The van der Waals surface area contributed by atoms with Gasteiger partial charge in [0.25, 0.3) is 0 Å². The van der Waals surface area contributed by atoms with Crippen LogP contribution in [0.15, 0.2) is 6.33 Å². The number of imidazole rings is 1. The summed E-state index contributed by atoms with van der Waals surface area (Å²) in [5, 5.41) is 2.68. The van der Waals surface area contributed by atoms with Gasteiger partial charge in [0, 0.05) is 13.7 Å². The Balaban J connectivity index is 2.10. The summed E-state index contributed by atoms with van der Waals surface area (Å²) in [6.45, 7) is 0.397. The van der Waals surface area contributed by atoms with Crippen molar-refractivity contribution in [2.45, 2.75) is 12.5 Å². The summed E-state index contributed by atoms with van der Waals surface area (Å²) < 4.78 is 4.85. The molecule has 0 saturated heterocycles. The largest absolute Gasteiger partial charge is 0.385 e. The molecule has 4 N–H and O–H groups in total. The first-order valence-corrected chi connectivity index (χ1v) is 5.91. The molecule has 8 nitrogen and oxygen atoms in total. The Morgan fingerprint density at radius 2 is 2.42 bits per heavy atom. The topological polar surface area (TPSA) is 119 Å². The van der Waals surface area contributed by atoms with E-state index in [9.17, 15) is 4.79 Å². The molecule has 0 bridgehead atoms. The van der Waals surface area contributed by atoms with Crippen LogP contribution in [0.25, 0.3) is 11.2 Å². The van der Waals surface area contributed by atoms with Crippen LogP contribution in [0.5, 0.6) is 0 Å². The number of amides is 1. The number of carbonyl (C=O) groups excluding carboxylic acids is 1. The van der Waals surface area contributed by atoms with E-state index in [0.717, 1.165) is 0 Å². The second-order valence-corrected chi connectivity index (χ2v) is 4.17. The van der Waals surface area contributed by atoms with Crippen LogP contribution in [0.3, 0.4) is 0 Å². The molecule has 0 radical (unpaired) electrons. The van der Waals surface area contributed by atoms with Gasteiger partial charge in [-0.3, -0.25) is 10.1 Å². The predicted octanol–water partition coefficient (Wildman–Crippen LogP) is 0.309. The van der Waals surface area contributed by atoms with Crippen molar-refractivity contribution in [2.75, 3.05) is 19.0 Å². The van der Waals surface area contributed by atoms with Crippen molar-refractivity contribution in [1.29, 1.82) is 0 Å². The highest BCUT2D eigenvalue weighted by Gasteiger charge is 2.16. The zero-order valence-corrected chi connectivity index (χ0v) is 10.9. The zero-order valence-electron chi connectivity index (χ0n) is 10.2. The maximum atomic E-state index is 11.8. The number of hydrogen-bond acceptors (Lipinski definition) is 6. The first-order chi connectivity index (χ1) is 9.11. The van der Waals surface area contributed by atoms with Crippen molar-refractivity contribution in [3.8, 4) is 0 Å². The van der Waals surface area contributed by atoms with Crippen molar-refractivity contribution in [2.24, 2.45) is 5.73 Å². The SMILES string of the molecule is COCCC(N)C(=O)Nc1nc(Cl)c2[nH]cnc2n1. The Bertz CT molecular complexity index is 586. The van der Waals surface area contributed by atoms with Crippen LogP contribution in [0, 0.1) is 0 Å². The van der Waals surface area contributed by atoms with Gasteiger partial charge in [0.05, 0.1) is 12.4 Å². The normalized spacial score (nSPS) is 12.6. The number of nitrogens with zero attached hydrogens (tertiary/aromatic N) is 3. The summed E-state index contributed by atoms with van der Waals surface area (Å²) in [7, 11) is 1.54. The fraction of sp³-hybridized carbons (Fsp3) is 0.400. The van der Waals surface area contributed by atoms with Gasteiger partial charge in [-0.25, -0.2) is 4.98 Å². The summed E-state index contributed by atoms with van der Waals surface area (Å²) in [4.78, 5) is 26.5. The minimum absolute atomic E-state index is 0.0717. The molecule has 0 aromatic carbocycles. The summed E-state index contributed by atoms with van der Waals surface area (Å²) in [5.74, 6) is -0.328. The maximum absolute atomic E-state index is 11.8. The molecule has 0 aliphatic carbocycles. The third-order valence-corrected chi connectivity index (χ3v) is 2.72. The molecule has 2 rings (SSSR count). The lowest BCUT2D eigenvalue weighted by Gasteiger charge is -2.10. The first kappa shape index (κ1) is 13.7.